The molecule has 0 spiro atoms. The van der Waals surface area contributed by atoms with Gasteiger partial charge in [-0.1, -0.05) is 5.16 Å². The van der Waals surface area contributed by atoms with E-state index in [2.05, 4.69) is 20.3 Å². The maximum Gasteiger partial charge on any atom is 0.276 e. The average Bonchev–Trinajstić information content (AvgIpc) is 3.26. The van der Waals surface area contributed by atoms with Gasteiger partial charge < -0.3 is 14.2 Å². The predicted molar refractivity (Wildman–Crippen MR) is 98.4 cm³/mol. The Morgan fingerprint density at radius 3 is 2.74 bits per heavy atom. The molecule has 1 amide bonds. The van der Waals surface area contributed by atoms with Crippen LogP contribution in [0.4, 0.5) is 0 Å². The highest BCUT2D eigenvalue weighted by atomic mass is 16.5. The van der Waals surface area contributed by atoms with Gasteiger partial charge in [0.05, 0.1) is 17.9 Å². The standard InChI is InChI=1S/C19H23N5O3/c1-11-6-7-15(9-20-11)26-10-16-8-17(23-27-16)19(25)24(5)14(4)18-12(2)21-22-13(18)3/h6-9,14H,10H2,1-5H3,(H,21,22)/t14-/m0/s1. The average molecular weight is 369 g/mol. The predicted octanol–water partition coefficient (Wildman–Crippen LogP) is 3.13. The number of hydrogen-bond donors (Lipinski definition) is 1. The number of carbonyl (C=O) groups excluding carboxylic acids is 1. The van der Waals surface area contributed by atoms with Gasteiger partial charge in [0.15, 0.2) is 11.5 Å². The molecule has 1 atom stereocenters. The molecule has 8 heteroatoms. The number of amides is 1. The molecule has 8 nitrogen and oxygen atoms in total. The van der Waals surface area contributed by atoms with E-state index in [1.807, 2.05) is 39.8 Å². The van der Waals surface area contributed by atoms with E-state index < -0.39 is 0 Å². The summed E-state index contributed by atoms with van der Waals surface area (Å²) in [7, 11) is 1.74. The van der Waals surface area contributed by atoms with E-state index in [1.165, 1.54) is 0 Å². The number of ether oxygens (including phenoxy) is 1. The Morgan fingerprint density at radius 2 is 2.11 bits per heavy atom. The lowest BCUT2D eigenvalue weighted by molar-refractivity contribution is 0.0731. The van der Waals surface area contributed by atoms with Crippen molar-refractivity contribution in [2.24, 2.45) is 0 Å². The first kappa shape index (κ1) is 18.6. The number of H-pyrrole nitrogens is 1. The number of nitrogens with zero attached hydrogens (tertiary/aromatic N) is 4. The summed E-state index contributed by atoms with van der Waals surface area (Å²) in [5.74, 6) is 0.867. The summed E-state index contributed by atoms with van der Waals surface area (Å²) in [5, 5.41) is 11.0. The Balaban J connectivity index is 1.66. The lowest BCUT2D eigenvalue weighted by Gasteiger charge is -2.24. The van der Waals surface area contributed by atoms with Crippen LogP contribution in [-0.4, -0.2) is 38.2 Å². The van der Waals surface area contributed by atoms with Crippen LogP contribution >= 0.6 is 0 Å². The van der Waals surface area contributed by atoms with E-state index in [4.69, 9.17) is 9.26 Å². The van der Waals surface area contributed by atoms with Gasteiger partial charge in [-0.25, -0.2) is 0 Å². The third-order valence-electron chi connectivity index (χ3n) is 4.55. The first-order chi connectivity index (χ1) is 12.9. The van der Waals surface area contributed by atoms with Gasteiger partial charge in [0, 0.05) is 30.1 Å². The van der Waals surface area contributed by atoms with E-state index in [1.54, 1.807) is 24.2 Å². The van der Waals surface area contributed by atoms with Gasteiger partial charge in [0.2, 0.25) is 0 Å². The Labute approximate surface area is 157 Å². The molecule has 3 aromatic heterocycles. The molecule has 0 saturated heterocycles. The summed E-state index contributed by atoms with van der Waals surface area (Å²) in [6.07, 6.45) is 1.64. The van der Waals surface area contributed by atoms with Crippen molar-refractivity contribution in [3.8, 4) is 5.75 Å². The SMILES string of the molecule is Cc1ccc(OCc2cc(C(=O)N(C)[C@@H](C)c3c(C)n[nH]c3C)no2)cn1. The van der Waals surface area contributed by atoms with Crippen molar-refractivity contribution in [3.05, 3.63) is 58.5 Å². The zero-order valence-electron chi connectivity index (χ0n) is 16.1. The van der Waals surface area contributed by atoms with Crippen LogP contribution in [0.2, 0.25) is 0 Å². The molecule has 3 rings (SSSR count). The minimum absolute atomic E-state index is 0.147. The Bertz CT molecular complexity index is 910. The Kier molecular flexibility index (Phi) is 5.25. The highest BCUT2D eigenvalue weighted by Crippen LogP contribution is 2.25. The van der Waals surface area contributed by atoms with E-state index in [0.29, 0.717) is 11.5 Å². The summed E-state index contributed by atoms with van der Waals surface area (Å²) in [5.41, 5.74) is 3.98. The lowest BCUT2D eigenvalue weighted by Crippen LogP contribution is -2.30. The van der Waals surface area contributed by atoms with Crippen LogP contribution < -0.4 is 4.74 Å². The van der Waals surface area contributed by atoms with Crippen molar-refractivity contribution in [1.82, 2.24) is 25.2 Å². The van der Waals surface area contributed by atoms with Gasteiger partial charge in [-0.2, -0.15) is 5.10 Å². The molecule has 3 aromatic rings. The monoisotopic (exact) mass is 369 g/mol. The largest absolute Gasteiger partial charge is 0.484 e. The smallest absolute Gasteiger partial charge is 0.276 e. The molecule has 0 aromatic carbocycles. The zero-order chi connectivity index (χ0) is 19.6. The third kappa shape index (κ3) is 3.99. The maximum absolute atomic E-state index is 12.8. The molecule has 0 bridgehead atoms. The van der Waals surface area contributed by atoms with Gasteiger partial charge in [-0.05, 0) is 39.8 Å². The molecule has 3 heterocycles. The van der Waals surface area contributed by atoms with Crippen molar-refractivity contribution in [1.29, 1.82) is 0 Å². The minimum atomic E-state index is -0.227. The fourth-order valence-corrected chi connectivity index (χ4v) is 2.90. The molecular weight excluding hydrogens is 346 g/mol. The van der Waals surface area contributed by atoms with Crippen molar-refractivity contribution in [2.75, 3.05) is 7.05 Å². The molecule has 0 unspecified atom stereocenters. The van der Waals surface area contributed by atoms with Crippen LogP contribution in [0.5, 0.6) is 5.75 Å². The minimum Gasteiger partial charge on any atom is -0.484 e. The molecule has 1 N–H and O–H groups in total. The molecule has 142 valence electrons. The van der Waals surface area contributed by atoms with Gasteiger partial charge in [-0.15, -0.1) is 0 Å². The first-order valence-corrected chi connectivity index (χ1v) is 8.66. The third-order valence-corrected chi connectivity index (χ3v) is 4.55. The first-order valence-electron chi connectivity index (χ1n) is 8.66. The zero-order valence-corrected chi connectivity index (χ0v) is 16.1. The summed E-state index contributed by atoms with van der Waals surface area (Å²) in [4.78, 5) is 18.5. The lowest BCUT2D eigenvalue weighted by atomic mass is 10.1. The number of aryl methyl sites for hydroxylation is 3. The van der Waals surface area contributed by atoms with Crippen molar-refractivity contribution >= 4 is 5.91 Å². The van der Waals surface area contributed by atoms with Crippen molar-refractivity contribution < 1.29 is 14.1 Å². The van der Waals surface area contributed by atoms with Gasteiger partial charge >= 0.3 is 0 Å². The summed E-state index contributed by atoms with van der Waals surface area (Å²) >= 11 is 0. The second kappa shape index (κ2) is 7.61. The van der Waals surface area contributed by atoms with Gasteiger partial charge in [0.1, 0.15) is 12.4 Å². The van der Waals surface area contributed by atoms with Gasteiger partial charge in [0.25, 0.3) is 5.91 Å². The number of rotatable bonds is 6. The molecule has 0 saturated carbocycles. The fourth-order valence-electron chi connectivity index (χ4n) is 2.90. The van der Waals surface area contributed by atoms with Crippen LogP contribution in [0.25, 0.3) is 0 Å². The number of carbonyl (C=O) groups is 1. The Morgan fingerprint density at radius 1 is 1.33 bits per heavy atom. The van der Waals surface area contributed by atoms with E-state index in [9.17, 15) is 4.79 Å². The maximum atomic E-state index is 12.8. The molecule has 27 heavy (non-hydrogen) atoms. The van der Waals surface area contributed by atoms with Crippen LogP contribution in [0.3, 0.4) is 0 Å². The topological polar surface area (TPSA) is 97.1 Å². The molecular formula is C19H23N5O3. The van der Waals surface area contributed by atoms with E-state index in [-0.39, 0.29) is 24.2 Å². The second-order valence-corrected chi connectivity index (χ2v) is 6.54. The fraction of sp³-hybridized carbons (Fsp3) is 0.368. The normalized spacial score (nSPS) is 12.0. The summed E-state index contributed by atoms with van der Waals surface area (Å²) in [6.45, 7) is 7.89. The van der Waals surface area contributed by atoms with Crippen molar-refractivity contribution in [3.63, 3.8) is 0 Å². The summed E-state index contributed by atoms with van der Waals surface area (Å²) < 4.78 is 10.8. The molecule has 0 aliphatic heterocycles. The molecule has 0 aliphatic rings. The number of aromatic nitrogens is 4. The van der Waals surface area contributed by atoms with Crippen LogP contribution in [0.1, 0.15) is 51.9 Å². The molecule has 0 radical (unpaired) electrons. The number of pyridine rings is 1. The molecule has 0 fully saturated rings. The molecule has 0 aliphatic carbocycles. The van der Waals surface area contributed by atoms with E-state index >= 15 is 0 Å². The number of nitrogens with one attached hydrogen (secondary N) is 1. The van der Waals surface area contributed by atoms with E-state index in [0.717, 1.165) is 22.6 Å². The van der Waals surface area contributed by atoms with Gasteiger partial charge in [-0.3, -0.25) is 14.9 Å². The number of aromatic amines is 1. The van der Waals surface area contributed by atoms with Crippen LogP contribution in [0.15, 0.2) is 28.9 Å². The summed E-state index contributed by atoms with van der Waals surface area (Å²) in [6, 6.07) is 5.14. The highest BCUT2D eigenvalue weighted by molar-refractivity contribution is 5.92. The Hall–Kier alpha value is -3.16. The highest BCUT2D eigenvalue weighted by Gasteiger charge is 2.25. The number of hydrogen-bond acceptors (Lipinski definition) is 6. The van der Waals surface area contributed by atoms with Crippen LogP contribution in [0, 0.1) is 20.8 Å². The van der Waals surface area contributed by atoms with Crippen molar-refractivity contribution in [2.45, 2.75) is 40.3 Å². The quantitative estimate of drug-likeness (QED) is 0.717. The second-order valence-electron chi connectivity index (χ2n) is 6.54. The van der Waals surface area contributed by atoms with Crippen LogP contribution in [-0.2, 0) is 6.61 Å².